The fourth-order valence-corrected chi connectivity index (χ4v) is 3.93. The fraction of sp³-hybridized carbons (Fsp3) is 0.318. The molecule has 1 aliphatic heterocycles. The van der Waals surface area contributed by atoms with Crippen LogP contribution in [0.25, 0.3) is 10.9 Å². The molecule has 25 heavy (non-hydrogen) atoms. The minimum Gasteiger partial charge on any atom is -0.357 e. The van der Waals surface area contributed by atoms with Gasteiger partial charge in [-0.3, -0.25) is 4.79 Å². The van der Waals surface area contributed by atoms with Crippen LogP contribution in [0.3, 0.4) is 0 Å². The first kappa shape index (κ1) is 15.9. The van der Waals surface area contributed by atoms with Crippen molar-refractivity contribution < 1.29 is 4.79 Å². The van der Waals surface area contributed by atoms with E-state index in [0.29, 0.717) is 6.42 Å². The van der Waals surface area contributed by atoms with Gasteiger partial charge in [-0.1, -0.05) is 48.0 Å². The van der Waals surface area contributed by atoms with Gasteiger partial charge in [0, 0.05) is 17.8 Å². The molecule has 1 N–H and O–H groups in total. The first-order valence-electron chi connectivity index (χ1n) is 9.13. The first-order chi connectivity index (χ1) is 12.2. The monoisotopic (exact) mass is 332 g/mol. The number of hydrogen-bond acceptors (Lipinski definition) is 1. The predicted molar refractivity (Wildman–Crippen MR) is 101 cm³/mol. The van der Waals surface area contributed by atoms with Gasteiger partial charge in [-0.25, -0.2) is 0 Å². The Morgan fingerprint density at radius 1 is 1.12 bits per heavy atom. The number of rotatable bonds is 3. The number of carbonyl (C=O) groups is 1. The lowest BCUT2D eigenvalue weighted by Gasteiger charge is -2.35. The van der Waals surface area contributed by atoms with Gasteiger partial charge in [-0.05, 0) is 49.3 Å². The van der Waals surface area contributed by atoms with Crippen LogP contribution in [0, 0.1) is 6.92 Å². The topological polar surface area (TPSA) is 36.1 Å². The Morgan fingerprint density at radius 3 is 2.84 bits per heavy atom. The number of nitrogens with zero attached hydrogens (tertiary/aromatic N) is 1. The highest BCUT2D eigenvalue weighted by Gasteiger charge is 2.29. The van der Waals surface area contributed by atoms with Gasteiger partial charge in [0.2, 0.25) is 5.91 Å². The predicted octanol–water partition coefficient (Wildman–Crippen LogP) is 4.77. The Morgan fingerprint density at radius 2 is 2.00 bits per heavy atom. The molecule has 0 spiro atoms. The van der Waals surface area contributed by atoms with E-state index in [1.807, 2.05) is 18.2 Å². The number of carbonyl (C=O) groups excluding carboxylic acids is 1. The van der Waals surface area contributed by atoms with Crippen molar-refractivity contribution >= 4 is 16.8 Å². The summed E-state index contributed by atoms with van der Waals surface area (Å²) >= 11 is 0. The summed E-state index contributed by atoms with van der Waals surface area (Å²) in [7, 11) is 0. The third kappa shape index (κ3) is 3.32. The van der Waals surface area contributed by atoms with Crippen LogP contribution in [0.15, 0.2) is 54.6 Å². The van der Waals surface area contributed by atoms with Crippen molar-refractivity contribution in [3.8, 4) is 0 Å². The molecule has 128 valence electrons. The van der Waals surface area contributed by atoms with E-state index in [1.54, 1.807) is 0 Å². The minimum absolute atomic E-state index is 0.165. The SMILES string of the molecule is Cc1cccc(CC(=O)N2CCCCC2c2cc3ccccc3[nH]2)c1. The maximum atomic E-state index is 13.0. The second-order valence-electron chi connectivity index (χ2n) is 7.08. The molecule has 1 amide bonds. The Bertz CT molecular complexity index is 863. The molecule has 1 atom stereocenters. The first-order valence-corrected chi connectivity index (χ1v) is 9.13. The van der Waals surface area contributed by atoms with Crippen molar-refractivity contribution in [2.45, 2.75) is 38.6 Å². The Hall–Kier alpha value is -2.55. The van der Waals surface area contributed by atoms with E-state index in [9.17, 15) is 4.79 Å². The highest BCUT2D eigenvalue weighted by molar-refractivity contribution is 5.82. The largest absolute Gasteiger partial charge is 0.357 e. The molecule has 3 heteroatoms. The smallest absolute Gasteiger partial charge is 0.227 e. The molecular formula is C22H24N2O. The summed E-state index contributed by atoms with van der Waals surface area (Å²) in [6.07, 6.45) is 3.79. The maximum absolute atomic E-state index is 13.0. The van der Waals surface area contributed by atoms with Gasteiger partial charge in [0.1, 0.15) is 0 Å². The fourth-order valence-electron chi connectivity index (χ4n) is 3.93. The van der Waals surface area contributed by atoms with Crippen LogP contribution in [-0.2, 0) is 11.2 Å². The normalized spacial score (nSPS) is 17.8. The van der Waals surface area contributed by atoms with Crippen LogP contribution in [0.2, 0.25) is 0 Å². The Labute approximate surface area is 148 Å². The number of nitrogens with one attached hydrogen (secondary N) is 1. The minimum atomic E-state index is 0.165. The van der Waals surface area contributed by atoms with Crippen LogP contribution in [-0.4, -0.2) is 22.3 Å². The van der Waals surface area contributed by atoms with Gasteiger partial charge in [0.25, 0.3) is 0 Å². The van der Waals surface area contributed by atoms with E-state index in [4.69, 9.17) is 0 Å². The summed E-state index contributed by atoms with van der Waals surface area (Å²) in [6.45, 7) is 2.92. The van der Waals surface area contributed by atoms with E-state index in [2.05, 4.69) is 53.2 Å². The van der Waals surface area contributed by atoms with E-state index in [-0.39, 0.29) is 11.9 Å². The van der Waals surface area contributed by atoms with Crippen molar-refractivity contribution in [3.05, 3.63) is 71.4 Å². The third-order valence-corrected chi connectivity index (χ3v) is 5.17. The Balaban J connectivity index is 1.59. The number of amides is 1. The molecule has 0 aliphatic carbocycles. The van der Waals surface area contributed by atoms with Crippen molar-refractivity contribution in [1.29, 1.82) is 0 Å². The lowest BCUT2D eigenvalue weighted by atomic mass is 9.98. The number of piperidine rings is 1. The third-order valence-electron chi connectivity index (χ3n) is 5.17. The zero-order valence-corrected chi connectivity index (χ0v) is 14.7. The molecule has 1 aromatic heterocycles. The number of aryl methyl sites for hydroxylation is 1. The summed E-state index contributed by atoms with van der Waals surface area (Å²) in [5.74, 6) is 0.231. The van der Waals surface area contributed by atoms with Gasteiger partial charge >= 0.3 is 0 Å². The molecule has 0 saturated carbocycles. The van der Waals surface area contributed by atoms with E-state index in [1.165, 1.54) is 23.1 Å². The molecule has 1 fully saturated rings. The number of H-pyrrole nitrogens is 1. The summed E-state index contributed by atoms with van der Waals surface area (Å²) < 4.78 is 0. The molecule has 1 unspecified atom stereocenters. The lowest BCUT2D eigenvalue weighted by Crippen LogP contribution is -2.39. The zero-order valence-electron chi connectivity index (χ0n) is 14.7. The van der Waals surface area contributed by atoms with E-state index < -0.39 is 0 Å². The molecule has 4 rings (SSSR count). The Kier molecular flexibility index (Phi) is 4.31. The summed E-state index contributed by atoms with van der Waals surface area (Å²) in [4.78, 5) is 18.6. The molecule has 3 aromatic rings. The quantitative estimate of drug-likeness (QED) is 0.736. The second kappa shape index (κ2) is 6.75. The van der Waals surface area contributed by atoms with E-state index in [0.717, 1.165) is 30.5 Å². The van der Waals surface area contributed by atoms with Crippen LogP contribution < -0.4 is 0 Å². The van der Waals surface area contributed by atoms with Crippen LogP contribution in [0.5, 0.6) is 0 Å². The van der Waals surface area contributed by atoms with Crippen LogP contribution >= 0.6 is 0 Å². The number of para-hydroxylation sites is 1. The summed E-state index contributed by atoms with van der Waals surface area (Å²) in [5, 5.41) is 1.22. The number of fused-ring (bicyclic) bond motifs is 1. The average molecular weight is 332 g/mol. The second-order valence-corrected chi connectivity index (χ2v) is 7.08. The van der Waals surface area contributed by atoms with Gasteiger partial charge in [0.15, 0.2) is 0 Å². The van der Waals surface area contributed by atoms with Gasteiger partial charge in [0.05, 0.1) is 12.5 Å². The number of aromatic amines is 1. The van der Waals surface area contributed by atoms with Gasteiger partial charge in [-0.2, -0.15) is 0 Å². The molecule has 2 heterocycles. The maximum Gasteiger partial charge on any atom is 0.227 e. The molecular weight excluding hydrogens is 308 g/mol. The molecule has 0 bridgehead atoms. The van der Waals surface area contributed by atoms with Crippen molar-refractivity contribution in [2.75, 3.05) is 6.54 Å². The van der Waals surface area contributed by atoms with Crippen molar-refractivity contribution in [1.82, 2.24) is 9.88 Å². The highest BCUT2D eigenvalue weighted by Crippen LogP contribution is 2.32. The number of hydrogen-bond donors (Lipinski definition) is 1. The van der Waals surface area contributed by atoms with E-state index >= 15 is 0 Å². The molecule has 1 aliphatic rings. The van der Waals surface area contributed by atoms with Crippen LogP contribution in [0.4, 0.5) is 0 Å². The molecule has 1 saturated heterocycles. The summed E-state index contributed by atoms with van der Waals surface area (Å²) in [6, 6.07) is 19.0. The average Bonchev–Trinajstić information content (AvgIpc) is 3.06. The van der Waals surface area contributed by atoms with Gasteiger partial charge < -0.3 is 9.88 Å². The van der Waals surface area contributed by atoms with Crippen LogP contribution in [0.1, 0.15) is 42.1 Å². The molecule has 2 aromatic carbocycles. The standard InChI is InChI=1S/C22H24N2O/c1-16-7-6-8-17(13-16)14-22(25)24-12-5-4-11-21(24)20-15-18-9-2-3-10-19(18)23-20/h2-3,6-10,13,15,21,23H,4-5,11-12,14H2,1H3. The zero-order chi connectivity index (χ0) is 17.2. The van der Waals surface area contributed by atoms with Crippen molar-refractivity contribution in [2.24, 2.45) is 0 Å². The lowest BCUT2D eigenvalue weighted by molar-refractivity contribution is -0.134. The van der Waals surface area contributed by atoms with Crippen molar-refractivity contribution in [3.63, 3.8) is 0 Å². The highest BCUT2D eigenvalue weighted by atomic mass is 16.2. The number of benzene rings is 2. The number of likely N-dealkylation sites (tertiary alicyclic amines) is 1. The summed E-state index contributed by atoms with van der Waals surface area (Å²) in [5.41, 5.74) is 4.62. The molecule has 0 radical (unpaired) electrons. The number of aromatic nitrogens is 1. The van der Waals surface area contributed by atoms with Gasteiger partial charge in [-0.15, -0.1) is 0 Å². The molecule has 3 nitrogen and oxygen atoms in total.